The predicted octanol–water partition coefficient (Wildman–Crippen LogP) is 14.3. The molecule has 0 amide bonds. The van der Waals surface area contributed by atoms with Crippen molar-refractivity contribution in [2.75, 3.05) is 0 Å². The van der Waals surface area contributed by atoms with Crippen LogP contribution in [0.5, 0.6) is 0 Å². The normalized spacial score (nSPS) is 11.9. The Hall–Kier alpha value is -7.62. The van der Waals surface area contributed by atoms with Crippen molar-refractivity contribution >= 4 is 65.4 Å². The van der Waals surface area contributed by atoms with Gasteiger partial charge in [0.25, 0.3) is 0 Å². The van der Waals surface area contributed by atoms with Crippen molar-refractivity contribution in [2.45, 2.75) is 0 Å². The lowest BCUT2D eigenvalue weighted by Crippen LogP contribution is -1.96. The maximum absolute atomic E-state index is 2.49. The zero-order chi connectivity index (χ0) is 37.5. The van der Waals surface area contributed by atoms with Crippen LogP contribution < -0.4 is 0 Å². The Balaban J connectivity index is 1.07. The highest BCUT2D eigenvalue weighted by Crippen LogP contribution is 2.43. The molecule has 3 heteroatoms. The molecule has 0 unspecified atom stereocenters. The first-order valence-electron chi connectivity index (χ1n) is 19.6. The molecule has 3 nitrogen and oxygen atoms in total. The number of hydrogen-bond acceptors (Lipinski definition) is 0. The minimum Gasteiger partial charge on any atom is -0.309 e. The number of rotatable bonds is 5. The fraction of sp³-hybridized carbons (Fsp3) is 0. The zero-order valence-electron chi connectivity index (χ0n) is 31.0. The van der Waals surface area contributed by atoms with E-state index in [0.717, 1.165) is 17.1 Å². The number of para-hydroxylation sites is 4. The van der Waals surface area contributed by atoms with Gasteiger partial charge < -0.3 is 13.7 Å². The van der Waals surface area contributed by atoms with Crippen LogP contribution in [0.3, 0.4) is 0 Å². The van der Waals surface area contributed by atoms with Gasteiger partial charge in [0.2, 0.25) is 0 Å². The molecule has 0 aliphatic heterocycles. The third kappa shape index (κ3) is 4.79. The molecule has 0 fully saturated rings. The van der Waals surface area contributed by atoms with Crippen molar-refractivity contribution in [3.63, 3.8) is 0 Å². The SMILES string of the molecule is c1ccc(-c2ccc(-n3c4ccccc4c4ccc(-c5cccc(-n6c7ccccc7c7ccc8c(c9ccccc9n8-c8ccccc8)c76)c5)cc43)cc2)cc1. The maximum Gasteiger partial charge on any atom is 0.0641 e. The molecule has 0 bridgehead atoms. The van der Waals surface area contributed by atoms with Gasteiger partial charge in [0.15, 0.2) is 0 Å². The molecule has 12 aromatic rings. The van der Waals surface area contributed by atoms with Crippen LogP contribution in [-0.2, 0) is 0 Å². The topological polar surface area (TPSA) is 14.8 Å². The van der Waals surface area contributed by atoms with Crippen LogP contribution in [0.2, 0.25) is 0 Å². The molecule has 57 heavy (non-hydrogen) atoms. The van der Waals surface area contributed by atoms with Crippen LogP contribution >= 0.6 is 0 Å². The average molecular weight is 726 g/mol. The second-order valence-corrected chi connectivity index (χ2v) is 14.9. The summed E-state index contributed by atoms with van der Waals surface area (Å²) in [5.41, 5.74) is 15.5. The lowest BCUT2D eigenvalue weighted by atomic mass is 10.0. The summed E-state index contributed by atoms with van der Waals surface area (Å²) in [6.07, 6.45) is 0. The molecule has 266 valence electrons. The first-order chi connectivity index (χ1) is 28.3. The van der Waals surface area contributed by atoms with Crippen molar-refractivity contribution in [3.05, 3.63) is 212 Å². The Morgan fingerprint density at radius 1 is 0.228 bits per heavy atom. The molecular weight excluding hydrogens is 691 g/mol. The van der Waals surface area contributed by atoms with Gasteiger partial charge in [-0.2, -0.15) is 0 Å². The van der Waals surface area contributed by atoms with E-state index in [1.165, 1.54) is 87.7 Å². The molecule has 0 N–H and O–H groups in total. The molecule has 0 aliphatic carbocycles. The molecule has 0 aliphatic rings. The van der Waals surface area contributed by atoms with Gasteiger partial charge in [-0.3, -0.25) is 0 Å². The monoisotopic (exact) mass is 725 g/mol. The highest BCUT2D eigenvalue weighted by Gasteiger charge is 2.21. The van der Waals surface area contributed by atoms with Gasteiger partial charge in [-0.25, -0.2) is 0 Å². The third-order valence-corrected chi connectivity index (χ3v) is 11.8. The summed E-state index contributed by atoms with van der Waals surface area (Å²) in [6.45, 7) is 0. The zero-order valence-corrected chi connectivity index (χ0v) is 31.0. The molecule has 3 aromatic heterocycles. The molecule has 12 rings (SSSR count). The highest BCUT2D eigenvalue weighted by molar-refractivity contribution is 6.26. The standard InChI is InChI=1S/C54H35N3/c1-3-14-36(15-4-1)37-26-29-41(30-27-37)56-48-23-10-7-20-43(48)45-31-28-39(35-52(45)56)38-16-13-19-42(34-38)57-49-24-11-8-21-44(49)46-32-33-51-53(54(46)57)47-22-9-12-25-50(47)55(51)40-17-5-2-6-18-40/h1-35H. The number of aromatic nitrogens is 3. The third-order valence-electron chi connectivity index (χ3n) is 11.8. The van der Waals surface area contributed by atoms with Gasteiger partial charge in [-0.15, -0.1) is 0 Å². The van der Waals surface area contributed by atoms with Gasteiger partial charge in [0.05, 0.1) is 33.1 Å². The second kappa shape index (κ2) is 12.5. The van der Waals surface area contributed by atoms with E-state index in [0.29, 0.717) is 0 Å². The second-order valence-electron chi connectivity index (χ2n) is 14.9. The summed E-state index contributed by atoms with van der Waals surface area (Å²) in [5, 5.41) is 7.51. The molecule has 9 aromatic carbocycles. The summed E-state index contributed by atoms with van der Waals surface area (Å²) < 4.78 is 7.31. The lowest BCUT2D eigenvalue weighted by molar-refractivity contribution is 1.17. The molecule has 0 radical (unpaired) electrons. The Morgan fingerprint density at radius 2 is 0.702 bits per heavy atom. The fourth-order valence-electron chi connectivity index (χ4n) is 9.32. The van der Waals surface area contributed by atoms with Crippen LogP contribution in [0.25, 0.3) is 105 Å². The summed E-state index contributed by atoms with van der Waals surface area (Å²) in [4.78, 5) is 0. The molecule has 3 heterocycles. The summed E-state index contributed by atoms with van der Waals surface area (Å²) >= 11 is 0. The van der Waals surface area contributed by atoms with Crippen molar-refractivity contribution in [2.24, 2.45) is 0 Å². The Bertz CT molecular complexity index is 3490. The Labute approximate surface area is 329 Å². The average Bonchev–Trinajstić information content (AvgIpc) is 3.92. The van der Waals surface area contributed by atoms with E-state index in [2.05, 4.69) is 226 Å². The van der Waals surface area contributed by atoms with Gasteiger partial charge in [-0.05, 0) is 89.0 Å². The summed E-state index contributed by atoms with van der Waals surface area (Å²) in [6, 6.07) is 77.4. The summed E-state index contributed by atoms with van der Waals surface area (Å²) in [5.74, 6) is 0. The molecule has 0 spiro atoms. The highest BCUT2D eigenvalue weighted by atomic mass is 15.0. The van der Waals surface area contributed by atoms with Crippen molar-refractivity contribution < 1.29 is 0 Å². The predicted molar refractivity (Wildman–Crippen MR) is 240 cm³/mol. The number of nitrogens with zero attached hydrogens (tertiary/aromatic N) is 3. The van der Waals surface area contributed by atoms with Crippen LogP contribution in [0, 0.1) is 0 Å². The van der Waals surface area contributed by atoms with E-state index in [4.69, 9.17) is 0 Å². The molecule has 0 atom stereocenters. The van der Waals surface area contributed by atoms with E-state index >= 15 is 0 Å². The summed E-state index contributed by atoms with van der Waals surface area (Å²) in [7, 11) is 0. The minimum atomic E-state index is 1.14. The van der Waals surface area contributed by atoms with Gasteiger partial charge in [-0.1, -0.05) is 146 Å². The minimum absolute atomic E-state index is 1.14. The number of hydrogen-bond donors (Lipinski definition) is 0. The maximum atomic E-state index is 2.49. The van der Waals surface area contributed by atoms with E-state index in [1.54, 1.807) is 0 Å². The first-order valence-corrected chi connectivity index (χ1v) is 19.6. The van der Waals surface area contributed by atoms with E-state index in [9.17, 15) is 0 Å². The number of fused-ring (bicyclic) bond motifs is 10. The Morgan fingerprint density at radius 3 is 1.46 bits per heavy atom. The molecule has 0 saturated heterocycles. The van der Waals surface area contributed by atoms with E-state index in [1.807, 2.05) is 0 Å². The van der Waals surface area contributed by atoms with Crippen LogP contribution in [-0.4, -0.2) is 13.7 Å². The van der Waals surface area contributed by atoms with E-state index < -0.39 is 0 Å². The van der Waals surface area contributed by atoms with E-state index in [-0.39, 0.29) is 0 Å². The van der Waals surface area contributed by atoms with Crippen molar-refractivity contribution in [1.29, 1.82) is 0 Å². The Kier molecular flexibility index (Phi) is 6.93. The van der Waals surface area contributed by atoms with Gasteiger partial charge >= 0.3 is 0 Å². The largest absolute Gasteiger partial charge is 0.309 e. The smallest absolute Gasteiger partial charge is 0.0641 e. The van der Waals surface area contributed by atoms with Gasteiger partial charge in [0, 0.05) is 49.4 Å². The van der Waals surface area contributed by atoms with Crippen molar-refractivity contribution in [1.82, 2.24) is 13.7 Å². The van der Waals surface area contributed by atoms with Gasteiger partial charge in [0.1, 0.15) is 0 Å². The number of benzene rings is 9. The van der Waals surface area contributed by atoms with Crippen molar-refractivity contribution in [3.8, 4) is 39.3 Å². The van der Waals surface area contributed by atoms with Crippen LogP contribution in [0.1, 0.15) is 0 Å². The fourth-order valence-corrected chi connectivity index (χ4v) is 9.32. The molecular formula is C54H35N3. The lowest BCUT2D eigenvalue weighted by Gasteiger charge is -2.13. The van der Waals surface area contributed by atoms with Crippen LogP contribution in [0.4, 0.5) is 0 Å². The first kappa shape index (κ1) is 31.7. The quantitative estimate of drug-likeness (QED) is 0.168. The van der Waals surface area contributed by atoms with Crippen LogP contribution in [0.15, 0.2) is 212 Å². The molecule has 0 saturated carbocycles.